The van der Waals surface area contributed by atoms with Crippen LogP contribution >= 0.6 is 0 Å². The van der Waals surface area contributed by atoms with E-state index in [1.165, 1.54) is 11.1 Å². The SMILES string of the molecule is CC[C@H](C(=O)N(C)C1Cc2ccccc2C1)n1cccn1. The summed E-state index contributed by atoms with van der Waals surface area (Å²) < 4.78 is 1.76. The molecule has 1 amide bonds. The molecule has 1 aliphatic rings. The molecule has 1 aliphatic carbocycles. The molecule has 3 rings (SSSR count). The average Bonchev–Trinajstić information content (AvgIpc) is 3.16. The molecule has 0 spiro atoms. The second-order valence-electron chi connectivity index (χ2n) is 5.69. The van der Waals surface area contributed by atoms with Gasteiger partial charge in [-0.25, -0.2) is 0 Å². The van der Waals surface area contributed by atoms with Crippen LogP contribution < -0.4 is 0 Å². The fourth-order valence-corrected chi connectivity index (χ4v) is 3.16. The molecule has 110 valence electrons. The van der Waals surface area contributed by atoms with Gasteiger partial charge in [-0.2, -0.15) is 5.10 Å². The normalized spacial score (nSPS) is 15.7. The second kappa shape index (κ2) is 5.72. The van der Waals surface area contributed by atoms with Gasteiger partial charge in [0.2, 0.25) is 5.91 Å². The van der Waals surface area contributed by atoms with Gasteiger partial charge in [-0.05, 0) is 36.5 Å². The molecule has 1 aromatic heterocycles. The highest BCUT2D eigenvalue weighted by Crippen LogP contribution is 2.26. The summed E-state index contributed by atoms with van der Waals surface area (Å²) in [5, 5.41) is 4.23. The molecule has 0 bridgehead atoms. The smallest absolute Gasteiger partial charge is 0.247 e. The molecule has 0 saturated carbocycles. The van der Waals surface area contributed by atoms with Crippen LogP contribution in [-0.2, 0) is 17.6 Å². The number of rotatable bonds is 4. The van der Waals surface area contributed by atoms with E-state index >= 15 is 0 Å². The maximum Gasteiger partial charge on any atom is 0.247 e. The van der Waals surface area contributed by atoms with Gasteiger partial charge in [0.15, 0.2) is 0 Å². The van der Waals surface area contributed by atoms with E-state index in [-0.39, 0.29) is 18.0 Å². The highest BCUT2D eigenvalue weighted by atomic mass is 16.2. The first-order valence-electron chi connectivity index (χ1n) is 7.53. The second-order valence-corrected chi connectivity index (χ2v) is 5.69. The number of hydrogen-bond donors (Lipinski definition) is 0. The highest BCUT2D eigenvalue weighted by molar-refractivity contribution is 5.80. The lowest BCUT2D eigenvalue weighted by Gasteiger charge is -2.28. The lowest BCUT2D eigenvalue weighted by Crippen LogP contribution is -2.42. The summed E-state index contributed by atoms with van der Waals surface area (Å²) in [6.45, 7) is 2.03. The summed E-state index contributed by atoms with van der Waals surface area (Å²) in [6.07, 6.45) is 6.25. The molecule has 1 aromatic carbocycles. The number of carbonyl (C=O) groups is 1. The fraction of sp³-hybridized carbons (Fsp3) is 0.412. The van der Waals surface area contributed by atoms with Gasteiger partial charge in [0.05, 0.1) is 0 Å². The summed E-state index contributed by atoms with van der Waals surface area (Å²) in [5.41, 5.74) is 2.74. The zero-order chi connectivity index (χ0) is 14.8. The van der Waals surface area contributed by atoms with Crippen molar-refractivity contribution in [1.29, 1.82) is 0 Å². The molecule has 4 nitrogen and oxygen atoms in total. The van der Waals surface area contributed by atoms with Crippen molar-refractivity contribution in [3.05, 3.63) is 53.9 Å². The third-order valence-corrected chi connectivity index (χ3v) is 4.44. The summed E-state index contributed by atoms with van der Waals surface area (Å²) in [6, 6.07) is 10.4. The Balaban J connectivity index is 1.74. The van der Waals surface area contributed by atoms with Crippen molar-refractivity contribution in [2.24, 2.45) is 0 Å². The van der Waals surface area contributed by atoms with E-state index < -0.39 is 0 Å². The van der Waals surface area contributed by atoms with Gasteiger partial charge in [-0.3, -0.25) is 9.48 Å². The predicted molar refractivity (Wildman–Crippen MR) is 82.0 cm³/mol. The number of likely N-dealkylation sites (N-methyl/N-ethyl adjacent to an activating group) is 1. The number of amides is 1. The summed E-state index contributed by atoms with van der Waals surface area (Å²) in [5.74, 6) is 0.152. The third-order valence-electron chi connectivity index (χ3n) is 4.44. The van der Waals surface area contributed by atoms with Crippen molar-refractivity contribution in [3.63, 3.8) is 0 Å². The maximum atomic E-state index is 12.8. The number of hydrogen-bond acceptors (Lipinski definition) is 2. The Bertz CT molecular complexity index is 596. The Kier molecular flexibility index (Phi) is 3.78. The minimum atomic E-state index is -0.200. The molecule has 21 heavy (non-hydrogen) atoms. The van der Waals surface area contributed by atoms with Gasteiger partial charge < -0.3 is 4.90 Å². The van der Waals surface area contributed by atoms with E-state index in [9.17, 15) is 4.79 Å². The summed E-state index contributed by atoms with van der Waals surface area (Å²) in [4.78, 5) is 14.7. The quantitative estimate of drug-likeness (QED) is 0.864. The molecule has 1 atom stereocenters. The molecule has 4 heteroatoms. The number of aromatic nitrogens is 2. The zero-order valence-corrected chi connectivity index (χ0v) is 12.6. The van der Waals surface area contributed by atoms with Crippen LogP contribution in [0.4, 0.5) is 0 Å². The van der Waals surface area contributed by atoms with Crippen LogP contribution in [0.1, 0.15) is 30.5 Å². The Morgan fingerprint density at radius 1 is 1.33 bits per heavy atom. The van der Waals surface area contributed by atoms with Crippen molar-refractivity contribution < 1.29 is 4.79 Å². The Labute approximate surface area is 125 Å². The van der Waals surface area contributed by atoms with E-state index in [1.807, 2.05) is 31.1 Å². The Morgan fingerprint density at radius 3 is 2.52 bits per heavy atom. The first-order valence-corrected chi connectivity index (χ1v) is 7.53. The number of fused-ring (bicyclic) bond motifs is 1. The molecular weight excluding hydrogens is 262 g/mol. The van der Waals surface area contributed by atoms with Crippen LogP contribution in [0, 0.1) is 0 Å². The van der Waals surface area contributed by atoms with E-state index in [1.54, 1.807) is 10.9 Å². The molecule has 0 N–H and O–H groups in total. The van der Waals surface area contributed by atoms with Gasteiger partial charge >= 0.3 is 0 Å². The van der Waals surface area contributed by atoms with Crippen molar-refractivity contribution in [3.8, 4) is 0 Å². The van der Waals surface area contributed by atoms with E-state index in [0.717, 1.165) is 19.3 Å². The molecule has 0 radical (unpaired) electrons. The van der Waals surface area contributed by atoms with E-state index in [0.29, 0.717) is 0 Å². The van der Waals surface area contributed by atoms with Crippen molar-refractivity contribution in [2.45, 2.75) is 38.3 Å². The van der Waals surface area contributed by atoms with Gasteiger partial charge in [-0.15, -0.1) is 0 Å². The molecule has 1 heterocycles. The van der Waals surface area contributed by atoms with Gasteiger partial charge in [0.1, 0.15) is 6.04 Å². The zero-order valence-electron chi connectivity index (χ0n) is 12.6. The predicted octanol–water partition coefficient (Wildman–Crippen LogP) is 2.46. The van der Waals surface area contributed by atoms with Crippen LogP contribution in [0.15, 0.2) is 42.7 Å². The minimum absolute atomic E-state index is 0.152. The van der Waals surface area contributed by atoms with Gasteiger partial charge in [0.25, 0.3) is 0 Å². The summed E-state index contributed by atoms with van der Waals surface area (Å²) in [7, 11) is 1.92. The first-order chi connectivity index (χ1) is 10.2. The lowest BCUT2D eigenvalue weighted by molar-refractivity contribution is -0.135. The molecule has 0 fully saturated rings. The molecule has 0 saturated heterocycles. The maximum absolute atomic E-state index is 12.8. The third kappa shape index (κ3) is 2.58. The first kappa shape index (κ1) is 13.9. The van der Waals surface area contributed by atoms with Crippen LogP contribution in [0.3, 0.4) is 0 Å². The number of benzene rings is 1. The lowest BCUT2D eigenvalue weighted by atomic mass is 10.1. The molecule has 0 aliphatic heterocycles. The van der Waals surface area contributed by atoms with Gasteiger partial charge in [0, 0.05) is 25.5 Å². The Morgan fingerprint density at radius 2 is 2.00 bits per heavy atom. The standard InChI is InChI=1S/C17H21N3O/c1-3-16(20-10-6-9-18-20)17(21)19(2)15-11-13-7-4-5-8-14(13)12-15/h4-10,15-16H,3,11-12H2,1-2H3/t16-/m1/s1. The van der Waals surface area contributed by atoms with Crippen molar-refractivity contribution in [2.75, 3.05) is 7.05 Å². The minimum Gasteiger partial charge on any atom is -0.340 e. The van der Waals surface area contributed by atoms with Crippen LogP contribution in [0.25, 0.3) is 0 Å². The summed E-state index contributed by atoms with van der Waals surface area (Å²) >= 11 is 0. The molecule has 2 aromatic rings. The number of nitrogens with zero attached hydrogens (tertiary/aromatic N) is 3. The molecule has 0 unspecified atom stereocenters. The van der Waals surface area contributed by atoms with Crippen LogP contribution in [0.5, 0.6) is 0 Å². The fourth-order valence-electron chi connectivity index (χ4n) is 3.16. The van der Waals surface area contributed by atoms with Gasteiger partial charge in [-0.1, -0.05) is 31.2 Å². The Hall–Kier alpha value is -2.10. The highest BCUT2D eigenvalue weighted by Gasteiger charge is 2.31. The van der Waals surface area contributed by atoms with E-state index in [2.05, 4.69) is 29.4 Å². The monoisotopic (exact) mass is 283 g/mol. The largest absolute Gasteiger partial charge is 0.340 e. The molecular formula is C17H21N3O. The van der Waals surface area contributed by atoms with Crippen molar-refractivity contribution >= 4 is 5.91 Å². The average molecular weight is 283 g/mol. The van der Waals surface area contributed by atoms with Crippen LogP contribution in [0.2, 0.25) is 0 Å². The van der Waals surface area contributed by atoms with Crippen molar-refractivity contribution in [1.82, 2.24) is 14.7 Å². The van der Waals surface area contributed by atoms with E-state index in [4.69, 9.17) is 0 Å². The van der Waals surface area contributed by atoms with Crippen LogP contribution in [-0.4, -0.2) is 33.7 Å². The number of carbonyl (C=O) groups excluding carboxylic acids is 1. The topological polar surface area (TPSA) is 38.1 Å².